The van der Waals surface area contributed by atoms with Crippen LogP contribution in [0.3, 0.4) is 0 Å². The van der Waals surface area contributed by atoms with E-state index in [2.05, 4.69) is 0 Å². The summed E-state index contributed by atoms with van der Waals surface area (Å²) < 4.78 is 25.7. The van der Waals surface area contributed by atoms with Crippen LogP contribution in [0.5, 0.6) is 0 Å². The maximum absolute atomic E-state index is 13.0. The molecular formula is C14H15F2NO. The molecule has 0 aliphatic carbocycles. The molecule has 0 unspecified atom stereocenters. The van der Waals surface area contributed by atoms with Gasteiger partial charge in [0, 0.05) is 19.2 Å². The molecular weight excluding hydrogens is 236 g/mol. The minimum absolute atomic E-state index is 0.0700. The normalized spacial score (nSPS) is 16.2. The van der Waals surface area contributed by atoms with Crippen LogP contribution in [0.15, 0.2) is 24.3 Å². The van der Waals surface area contributed by atoms with Crippen LogP contribution in [0.2, 0.25) is 0 Å². The zero-order chi connectivity index (χ0) is 13.0. The van der Waals surface area contributed by atoms with Crippen molar-refractivity contribution in [3.63, 3.8) is 0 Å². The summed E-state index contributed by atoms with van der Waals surface area (Å²) >= 11 is 0. The second kappa shape index (κ2) is 5.76. The molecule has 1 saturated heterocycles. The third-order valence-electron chi connectivity index (χ3n) is 3.03. The fraction of sp³-hybridized carbons (Fsp3) is 0.357. The lowest BCUT2D eigenvalue weighted by molar-refractivity contribution is -0.126. The molecule has 1 aliphatic heterocycles. The van der Waals surface area contributed by atoms with E-state index in [0.717, 1.165) is 44.5 Å². The Balaban J connectivity index is 2.01. The minimum Gasteiger partial charge on any atom is -0.339 e. The predicted octanol–water partition coefficient (Wildman–Crippen LogP) is 2.99. The summed E-state index contributed by atoms with van der Waals surface area (Å²) in [5.41, 5.74) is 0.485. The molecule has 1 aliphatic rings. The van der Waals surface area contributed by atoms with E-state index in [1.165, 1.54) is 18.2 Å². The van der Waals surface area contributed by atoms with Crippen LogP contribution >= 0.6 is 0 Å². The van der Waals surface area contributed by atoms with E-state index in [1.807, 2.05) is 0 Å². The molecule has 0 radical (unpaired) electrons. The van der Waals surface area contributed by atoms with Gasteiger partial charge >= 0.3 is 0 Å². The predicted molar refractivity (Wildman–Crippen MR) is 65.8 cm³/mol. The lowest BCUT2D eigenvalue weighted by atomic mass is 10.1. The first-order chi connectivity index (χ1) is 8.66. The van der Waals surface area contributed by atoms with Gasteiger partial charge in [0.2, 0.25) is 5.91 Å². The van der Waals surface area contributed by atoms with Gasteiger partial charge in [-0.05, 0) is 43.0 Å². The highest BCUT2D eigenvalue weighted by Gasteiger charge is 2.13. The number of nitrogens with zero attached hydrogens (tertiary/aromatic N) is 1. The number of halogens is 2. The molecule has 0 aromatic heterocycles. The molecule has 1 aromatic rings. The summed E-state index contributed by atoms with van der Waals surface area (Å²) in [6.07, 6.45) is 6.16. The number of piperidine rings is 1. The molecule has 0 N–H and O–H groups in total. The first kappa shape index (κ1) is 12.7. The van der Waals surface area contributed by atoms with Crippen molar-refractivity contribution in [1.82, 2.24) is 4.90 Å². The second-order valence-electron chi connectivity index (χ2n) is 4.39. The van der Waals surface area contributed by atoms with Crippen LogP contribution in [-0.2, 0) is 4.79 Å². The number of hydrogen-bond acceptors (Lipinski definition) is 1. The van der Waals surface area contributed by atoms with Crippen molar-refractivity contribution in [2.75, 3.05) is 13.1 Å². The van der Waals surface area contributed by atoms with Crippen LogP contribution in [0, 0.1) is 11.6 Å². The lowest BCUT2D eigenvalue weighted by Crippen LogP contribution is -2.34. The molecule has 0 atom stereocenters. The monoisotopic (exact) mass is 251 g/mol. The third kappa shape index (κ3) is 3.15. The molecule has 0 spiro atoms. The minimum atomic E-state index is -0.900. The maximum atomic E-state index is 13.0. The summed E-state index contributed by atoms with van der Waals surface area (Å²) in [5, 5.41) is 0. The molecule has 2 nitrogen and oxygen atoms in total. The summed E-state index contributed by atoms with van der Waals surface area (Å²) in [5.74, 6) is -1.85. The fourth-order valence-electron chi connectivity index (χ4n) is 2.00. The van der Waals surface area contributed by atoms with Crippen LogP contribution in [-0.4, -0.2) is 23.9 Å². The van der Waals surface area contributed by atoms with E-state index in [-0.39, 0.29) is 5.91 Å². The fourth-order valence-corrected chi connectivity index (χ4v) is 2.00. The number of carbonyl (C=O) groups excluding carboxylic acids is 1. The molecule has 0 bridgehead atoms. The first-order valence-electron chi connectivity index (χ1n) is 6.09. The van der Waals surface area contributed by atoms with Gasteiger partial charge in [-0.1, -0.05) is 6.07 Å². The number of amides is 1. The highest BCUT2D eigenvalue weighted by molar-refractivity contribution is 5.91. The van der Waals surface area contributed by atoms with E-state index < -0.39 is 11.6 Å². The van der Waals surface area contributed by atoms with Crippen molar-refractivity contribution in [3.8, 4) is 0 Å². The average molecular weight is 251 g/mol. The lowest BCUT2D eigenvalue weighted by Gasteiger charge is -2.25. The van der Waals surface area contributed by atoms with Crippen molar-refractivity contribution in [1.29, 1.82) is 0 Å². The molecule has 1 aromatic carbocycles. The van der Waals surface area contributed by atoms with Crippen molar-refractivity contribution in [2.45, 2.75) is 19.3 Å². The van der Waals surface area contributed by atoms with Crippen molar-refractivity contribution < 1.29 is 13.6 Å². The van der Waals surface area contributed by atoms with Crippen LogP contribution < -0.4 is 0 Å². The number of benzene rings is 1. The first-order valence-corrected chi connectivity index (χ1v) is 6.09. The molecule has 1 heterocycles. The Bertz CT molecular complexity index is 465. The number of carbonyl (C=O) groups is 1. The third-order valence-corrected chi connectivity index (χ3v) is 3.03. The molecule has 1 fully saturated rings. The van der Waals surface area contributed by atoms with E-state index in [9.17, 15) is 13.6 Å². The Morgan fingerprint density at radius 2 is 1.83 bits per heavy atom. The van der Waals surface area contributed by atoms with Gasteiger partial charge < -0.3 is 4.90 Å². The SMILES string of the molecule is O=C(/C=C/c1ccc(F)c(F)c1)N1CCCCC1. The highest BCUT2D eigenvalue weighted by Crippen LogP contribution is 2.12. The van der Waals surface area contributed by atoms with E-state index in [4.69, 9.17) is 0 Å². The number of rotatable bonds is 2. The van der Waals surface area contributed by atoms with E-state index >= 15 is 0 Å². The van der Waals surface area contributed by atoms with Gasteiger partial charge in [0.05, 0.1) is 0 Å². The highest BCUT2D eigenvalue weighted by atomic mass is 19.2. The van der Waals surface area contributed by atoms with Gasteiger partial charge in [-0.3, -0.25) is 4.79 Å². The van der Waals surface area contributed by atoms with Gasteiger partial charge in [0.15, 0.2) is 11.6 Å². The molecule has 96 valence electrons. The average Bonchev–Trinajstić information content (AvgIpc) is 2.41. The topological polar surface area (TPSA) is 20.3 Å². The largest absolute Gasteiger partial charge is 0.339 e. The molecule has 2 rings (SSSR count). The zero-order valence-electron chi connectivity index (χ0n) is 10.0. The Labute approximate surface area is 105 Å². The van der Waals surface area contributed by atoms with Gasteiger partial charge in [-0.15, -0.1) is 0 Å². The standard InChI is InChI=1S/C14H15F2NO/c15-12-6-4-11(10-13(12)16)5-7-14(18)17-8-2-1-3-9-17/h4-7,10H,1-3,8-9H2/b7-5+. The second-order valence-corrected chi connectivity index (χ2v) is 4.39. The molecule has 18 heavy (non-hydrogen) atoms. The Kier molecular flexibility index (Phi) is 4.07. The van der Waals surface area contributed by atoms with Crippen molar-refractivity contribution in [3.05, 3.63) is 41.5 Å². The molecule has 4 heteroatoms. The number of hydrogen-bond donors (Lipinski definition) is 0. The quantitative estimate of drug-likeness (QED) is 0.740. The van der Waals surface area contributed by atoms with Crippen LogP contribution in [0.4, 0.5) is 8.78 Å². The van der Waals surface area contributed by atoms with Gasteiger partial charge in [0.1, 0.15) is 0 Å². The molecule has 0 saturated carbocycles. The summed E-state index contributed by atoms with van der Waals surface area (Å²) in [4.78, 5) is 13.6. The van der Waals surface area contributed by atoms with Crippen molar-refractivity contribution in [2.24, 2.45) is 0 Å². The Morgan fingerprint density at radius 3 is 2.50 bits per heavy atom. The van der Waals surface area contributed by atoms with E-state index in [1.54, 1.807) is 4.90 Å². The maximum Gasteiger partial charge on any atom is 0.246 e. The Hall–Kier alpha value is -1.71. The van der Waals surface area contributed by atoms with E-state index in [0.29, 0.717) is 5.56 Å². The summed E-state index contributed by atoms with van der Waals surface area (Å²) in [6.45, 7) is 1.56. The van der Waals surface area contributed by atoms with Gasteiger partial charge in [0.25, 0.3) is 0 Å². The van der Waals surface area contributed by atoms with Gasteiger partial charge in [-0.2, -0.15) is 0 Å². The van der Waals surface area contributed by atoms with Gasteiger partial charge in [-0.25, -0.2) is 8.78 Å². The smallest absolute Gasteiger partial charge is 0.246 e. The zero-order valence-corrected chi connectivity index (χ0v) is 10.0. The van der Waals surface area contributed by atoms with Crippen LogP contribution in [0.25, 0.3) is 6.08 Å². The van der Waals surface area contributed by atoms with Crippen molar-refractivity contribution >= 4 is 12.0 Å². The summed E-state index contributed by atoms with van der Waals surface area (Å²) in [7, 11) is 0. The summed E-state index contributed by atoms with van der Waals surface area (Å²) in [6, 6.07) is 3.58. The Morgan fingerprint density at radius 1 is 1.11 bits per heavy atom. The number of likely N-dealkylation sites (tertiary alicyclic amines) is 1. The van der Waals surface area contributed by atoms with Crippen LogP contribution in [0.1, 0.15) is 24.8 Å². The molecule has 1 amide bonds.